The average Bonchev–Trinajstić information content (AvgIpc) is 3.11. The average molecular weight is 380 g/mol. The van der Waals surface area contributed by atoms with Crippen molar-refractivity contribution < 1.29 is 9.59 Å². The highest BCUT2D eigenvalue weighted by atomic mass is 16.2. The van der Waals surface area contributed by atoms with Crippen LogP contribution in [0.15, 0.2) is 24.3 Å². The fraction of sp³-hybridized carbons (Fsp3) is 0.500. The minimum atomic E-state index is -0.164. The van der Waals surface area contributed by atoms with Crippen molar-refractivity contribution in [2.45, 2.75) is 52.6 Å². The fourth-order valence-electron chi connectivity index (χ4n) is 4.08. The lowest BCUT2D eigenvalue weighted by molar-refractivity contribution is 0.0716. The number of aromatic nitrogens is 2. The molecule has 0 atom stereocenters. The van der Waals surface area contributed by atoms with Gasteiger partial charge in [-0.05, 0) is 42.7 Å². The van der Waals surface area contributed by atoms with Crippen LogP contribution in [0.5, 0.6) is 0 Å². The van der Waals surface area contributed by atoms with E-state index in [1.54, 1.807) is 0 Å². The van der Waals surface area contributed by atoms with Crippen molar-refractivity contribution >= 4 is 11.8 Å². The number of nitrogens with one attached hydrogen (secondary N) is 1. The molecule has 1 aromatic heterocycles. The molecule has 2 aliphatic rings. The summed E-state index contributed by atoms with van der Waals surface area (Å²) in [7, 11) is 0. The molecule has 0 saturated heterocycles. The molecule has 1 aromatic carbocycles. The van der Waals surface area contributed by atoms with Crippen LogP contribution in [0.2, 0.25) is 0 Å². The molecule has 6 heteroatoms. The van der Waals surface area contributed by atoms with Crippen molar-refractivity contribution in [2.24, 2.45) is 5.92 Å². The molecule has 28 heavy (non-hydrogen) atoms. The Balaban J connectivity index is 1.61. The second kappa shape index (κ2) is 7.78. The molecule has 0 aliphatic carbocycles. The topological polar surface area (TPSA) is 67.2 Å². The molecule has 0 unspecified atom stereocenters. The number of hydrogen-bond donors (Lipinski definition) is 1. The quantitative estimate of drug-likeness (QED) is 0.887. The molecule has 148 valence electrons. The monoisotopic (exact) mass is 380 g/mol. The van der Waals surface area contributed by atoms with Gasteiger partial charge in [0.1, 0.15) is 5.69 Å². The number of amides is 2. The summed E-state index contributed by atoms with van der Waals surface area (Å²) in [4.78, 5) is 32.4. The Kier molecular flexibility index (Phi) is 5.20. The van der Waals surface area contributed by atoms with Crippen LogP contribution in [0.25, 0.3) is 0 Å². The van der Waals surface area contributed by atoms with E-state index in [0.717, 1.165) is 37.9 Å². The van der Waals surface area contributed by atoms with E-state index in [4.69, 9.17) is 0 Å². The highest BCUT2D eigenvalue weighted by Gasteiger charge is 2.31. The summed E-state index contributed by atoms with van der Waals surface area (Å²) in [5.74, 6) is 0.559. The molecule has 2 aromatic rings. The highest BCUT2D eigenvalue weighted by molar-refractivity contribution is 5.97. The number of carbonyl (C=O) groups excluding carboxylic acids is 2. The van der Waals surface area contributed by atoms with Crippen LogP contribution in [0, 0.1) is 5.92 Å². The molecule has 2 aliphatic heterocycles. The minimum absolute atomic E-state index is 0.0689. The SMILES string of the molecule is CC(C)CNC(=O)c1nc(C(=O)N2CCc3ccccc3C2)n2c1CCCC2. The predicted molar refractivity (Wildman–Crippen MR) is 107 cm³/mol. The lowest BCUT2D eigenvalue weighted by Gasteiger charge is -2.29. The maximum Gasteiger partial charge on any atom is 0.290 e. The minimum Gasteiger partial charge on any atom is -0.350 e. The van der Waals surface area contributed by atoms with Crippen LogP contribution < -0.4 is 5.32 Å². The van der Waals surface area contributed by atoms with Gasteiger partial charge in [0.15, 0.2) is 5.82 Å². The summed E-state index contributed by atoms with van der Waals surface area (Å²) >= 11 is 0. The lowest BCUT2D eigenvalue weighted by atomic mass is 10.00. The van der Waals surface area contributed by atoms with Gasteiger partial charge < -0.3 is 14.8 Å². The zero-order valence-corrected chi connectivity index (χ0v) is 16.7. The van der Waals surface area contributed by atoms with E-state index in [2.05, 4.69) is 36.3 Å². The van der Waals surface area contributed by atoms with Gasteiger partial charge in [0.2, 0.25) is 0 Å². The number of fused-ring (bicyclic) bond motifs is 2. The zero-order chi connectivity index (χ0) is 19.7. The number of carbonyl (C=O) groups is 2. The molecular weight excluding hydrogens is 352 g/mol. The van der Waals surface area contributed by atoms with Crippen LogP contribution in [-0.4, -0.2) is 39.4 Å². The van der Waals surface area contributed by atoms with Gasteiger partial charge in [0.05, 0.1) is 5.69 Å². The second-order valence-corrected chi connectivity index (χ2v) is 8.19. The van der Waals surface area contributed by atoms with E-state index in [0.29, 0.717) is 37.1 Å². The number of benzene rings is 1. The largest absolute Gasteiger partial charge is 0.350 e. The van der Waals surface area contributed by atoms with Gasteiger partial charge in [-0.3, -0.25) is 9.59 Å². The Morgan fingerprint density at radius 1 is 1.11 bits per heavy atom. The maximum atomic E-state index is 13.3. The Hall–Kier alpha value is -2.63. The molecule has 3 heterocycles. The molecule has 2 amide bonds. The van der Waals surface area contributed by atoms with Crippen molar-refractivity contribution in [1.82, 2.24) is 19.8 Å². The Bertz CT molecular complexity index is 900. The van der Waals surface area contributed by atoms with E-state index in [1.807, 2.05) is 21.6 Å². The van der Waals surface area contributed by atoms with E-state index in [9.17, 15) is 9.59 Å². The maximum absolute atomic E-state index is 13.3. The number of nitrogens with zero attached hydrogens (tertiary/aromatic N) is 3. The third-order valence-corrected chi connectivity index (χ3v) is 5.61. The van der Waals surface area contributed by atoms with Crippen LogP contribution in [-0.2, 0) is 25.9 Å². The van der Waals surface area contributed by atoms with E-state index < -0.39 is 0 Å². The molecule has 0 spiro atoms. The summed E-state index contributed by atoms with van der Waals surface area (Å²) < 4.78 is 1.98. The molecule has 0 radical (unpaired) electrons. The van der Waals surface area contributed by atoms with Gasteiger partial charge in [-0.1, -0.05) is 38.1 Å². The molecule has 0 bridgehead atoms. The molecule has 4 rings (SSSR count). The van der Waals surface area contributed by atoms with Crippen molar-refractivity contribution in [3.05, 3.63) is 52.6 Å². The van der Waals surface area contributed by atoms with Crippen molar-refractivity contribution in [2.75, 3.05) is 13.1 Å². The Morgan fingerprint density at radius 2 is 1.89 bits per heavy atom. The van der Waals surface area contributed by atoms with Gasteiger partial charge in [-0.25, -0.2) is 4.98 Å². The second-order valence-electron chi connectivity index (χ2n) is 8.19. The normalized spacial score (nSPS) is 15.9. The number of rotatable bonds is 4. The van der Waals surface area contributed by atoms with Crippen LogP contribution in [0.3, 0.4) is 0 Å². The fourth-order valence-corrected chi connectivity index (χ4v) is 4.08. The van der Waals surface area contributed by atoms with Gasteiger partial charge in [0.25, 0.3) is 11.8 Å². The first kappa shape index (κ1) is 18.7. The lowest BCUT2D eigenvalue weighted by Crippen LogP contribution is -2.37. The summed E-state index contributed by atoms with van der Waals surface area (Å²) in [6, 6.07) is 8.27. The van der Waals surface area contributed by atoms with Crippen molar-refractivity contribution in [3.63, 3.8) is 0 Å². The standard InChI is InChI=1S/C22H28N4O2/c1-15(2)13-23-21(27)19-18-9-5-6-11-26(18)20(24-19)22(28)25-12-10-16-7-3-4-8-17(16)14-25/h3-4,7-8,15H,5-6,9-14H2,1-2H3,(H,23,27). The Labute approximate surface area is 165 Å². The van der Waals surface area contributed by atoms with Gasteiger partial charge in [-0.2, -0.15) is 0 Å². The Morgan fingerprint density at radius 3 is 2.68 bits per heavy atom. The van der Waals surface area contributed by atoms with E-state index in [-0.39, 0.29) is 11.8 Å². The molecule has 6 nitrogen and oxygen atoms in total. The van der Waals surface area contributed by atoms with Crippen LogP contribution >= 0.6 is 0 Å². The first-order chi connectivity index (χ1) is 13.5. The predicted octanol–water partition coefficient (Wildman–Crippen LogP) is 2.80. The smallest absolute Gasteiger partial charge is 0.290 e. The van der Waals surface area contributed by atoms with Gasteiger partial charge in [0, 0.05) is 26.2 Å². The molecule has 1 N–H and O–H groups in total. The van der Waals surface area contributed by atoms with Gasteiger partial charge >= 0.3 is 0 Å². The van der Waals surface area contributed by atoms with Crippen LogP contribution in [0.1, 0.15) is 64.6 Å². The third kappa shape index (κ3) is 3.55. The summed E-state index contributed by atoms with van der Waals surface area (Å²) in [5, 5.41) is 2.95. The zero-order valence-electron chi connectivity index (χ0n) is 16.7. The summed E-state index contributed by atoms with van der Waals surface area (Å²) in [5.41, 5.74) is 3.85. The summed E-state index contributed by atoms with van der Waals surface area (Å²) in [6.07, 6.45) is 3.70. The molecular formula is C22H28N4O2. The molecule has 0 fully saturated rings. The first-order valence-corrected chi connectivity index (χ1v) is 10.3. The van der Waals surface area contributed by atoms with E-state index >= 15 is 0 Å². The van der Waals surface area contributed by atoms with E-state index in [1.165, 1.54) is 11.1 Å². The van der Waals surface area contributed by atoms with Crippen LogP contribution in [0.4, 0.5) is 0 Å². The number of imidazole rings is 1. The highest BCUT2D eigenvalue weighted by Crippen LogP contribution is 2.24. The molecule has 0 saturated carbocycles. The summed E-state index contributed by atoms with van der Waals surface area (Å²) in [6.45, 7) is 6.78. The van der Waals surface area contributed by atoms with Crippen molar-refractivity contribution in [3.8, 4) is 0 Å². The van der Waals surface area contributed by atoms with Gasteiger partial charge in [-0.15, -0.1) is 0 Å². The third-order valence-electron chi connectivity index (χ3n) is 5.61. The number of hydrogen-bond acceptors (Lipinski definition) is 3. The van der Waals surface area contributed by atoms with Crippen molar-refractivity contribution in [1.29, 1.82) is 0 Å². The first-order valence-electron chi connectivity index (χ1n) is 10.3.